The van der Waals surface area contributed by atoms with Crippen LogP contribution in [0.25, 0.3) is 0 Å². The number of aliphatic hydroxyl groups is 1. The first kappa shape index (κ1) is 35.1. The van der Waals surface area contributed by atoms with Crippen LogP contribution in [-0.4, -0.2) is 82.1 Å². The van der Waals surface area contributed by atoms with Crippen molar-refractivity contribution in [3.05, 3.63) is 89.5 Å². The molecule has 2 heterocycles. The van der Waals surface area contributed by atoms with E-state index < -0.39 is 36.3 Å². The van der Waals surface area contributed by atoms with Crippen LogP contribution in [0.15, 0.2) is 72.8 Å². The Bertz CT molecular complexity index is 1350. The van der Waals surface area contributed by atoms with Crippen molar-refractivity contribution in [1.82, 2.24) is 0 Å². The van der Waals surface area contributed by atoms with E-state index in [1.165, 1.54) is 0 Å². The van der Waals surface area contributed by atoms with E-state index >= 15 is 0 Å². The number of hydrogen-bond acceptors (Lipinski definition) is 10. The van der Waals surface area contributed by atoms with Gasteiger partial charge < -0.3 is 47.7 Å². The molecule has 0 spiro atoms. The highest BCUT2D eigenvalue weighted by molar-refractivity contribution is 5.28. The minimum Gasteiger partial charge on any atom is -0.497 e. The monoisotopic (exact) mass is 652 g/mol. The van der Waals surface area contributed by atoms with Crippen molar-refractivity contribution in [2.45, 2.75) is 88.9 Å². The molecule has 0 bridgehead atoms. The van der Waals surface area contributed by atoms with Gasteiger partial charge in [-0.2, -0.15) is 0 Å². The molecular formula is C37H48O10. The molecule has 2 saturated heterocycles. The second kappa shape index (κ2) is 16.7. The summed E-state index contributed by atoms with van der Waals surface area (Å²) in [6.45, 7) is 5.48. The van der Waals surface area contributed by atoms with E-state index in [4.69, 9.17) is 42.6 Å². The molecule has 256 valence electrons. The number of hydrogen-bond donors (Lipinski definition) is 1. The normalized spacial score (nSPS) is 25.4. The largest absolute Gasteiger partial charge is 0.497 e. The minimum absolute atomic E-state index is 0.0896. The zero-order valence-electron chi connectivity index (χ0n) is 28.0. The van der Waals surface area contributed by atoms with Crippen molar-refractivity contribution in [2.75, 3.05) is 34.5 Å². The van der Waals surface area contributed by atoms with Crippen molar-refractivity contribution in [3.8, 4) is 17.2 Å². The summed E-state index contributed by atoms with van der Waals surface area (Å²) < 4.78 is 53.6. The fourth-order valence-corrected chi connectivity index (χ4v) is 5.87. The summed E-state index contributed by atoms with van der Waals surface area (Å²) in [5, 5.41) is 11.8. The van der Waals surface area contributed by atoms with Gasteiger partial charge in [-0.15, -0.1) is 0 Å². The zero-order valence-corrected chi connectivity index (χ0v) is 28.0. The third kappa shape index (κ3) is 9.90. The second-order valence-electron chi connectivity index (χ2n) is 12.3. The molecule has 0 unspecified atom stereocenters. The Morgan fingerprint density at radius 1 is 0.660 bits per heavy atom. The first-order valence-corrected chi connectivity index (χ1v) is 16.1. The van der Waals surface area contributed by atoms with E-state index in [1.807, 2.05) is 86.6 Å². The molecule has 47 heavy (non-hydrogen) atoms. The highest BCUT2D eigenvalue weighted by atomic mass is 16.7. The topological polar surface area (TPSA) is 103 Å². The number of ether oxygens (including phenoxy) is 9. The molecule has 3 aromatic carbocycles. The molecule has 10 heteroatoms. The van der Waals surface area contributed by atoms with Crippen LogP contribution in [0.1, 0.15) is 43.4 Å². The molecule has 0 radical (unpaired) electrons. The smallest absolute Gasteiger partial charge is 0.163 e. The lowest BCUT2D eigenvalue weighted by molar-refractivity contribution is -0.262. The Kier molecular flexibility index (Phi) is 12.5. The molecular weight excluding hydrogens is 604 g/mol. The van der Waals surface area contributed by atoms with Gasteiger partial charge in [0.25, 0.3) is 0 Å². The van der Waals surface area contributed by atoms with Gasteiger partial charge in [0.15, 0.2) is 5.79 Å². The summed E-state index contributed by atoms with van der Waals surface area (Å²) in [7, 11) is 4.91. The van der Waals surface area contributed by atoms with Gasteiger partial charge in [-0.1, -0.05) is 36.4 Å². The molecule has 0 aliphatic carbocycles. The van der Waals surface area contributed by atoms with E-state index in [9.17, 15) is 5.11 Å². The van der Waals surface area contributed by atoms with Crippen molar-refractivity contribution in [2.24, 2.45) is 0 Å². The fourth-order valence-electron chi connectivity index (χ4n) is 5.87. The van der Waals surface area contributed by atoms with Gasteiger partial charge in [-0.3, -0.25) is 0 Å². The molecule has 2 aliphatic heterocycles. The number of benzene rings is 3. The van der Waals surface area contributed by atoms with E-state index in [2.05, 4.69) is 0 Å². The van der Waals surface area contributed by atoms with Gasteiger partial charge in [0.05, 0.1) is 66.6 Å². The van der Waals surface area contributed by atoms with E-state index in [0.29, 0.717) is 26.1 Å². The molecule has 2 fully saturated rings. The predicted octanol–water partition coefficient (Wildman–Crippen LogP) is 5.46. The Balaban J connectivity index is 1.34. The second-order valence-corrected chi connectivity index (χ2v) is 12.3. The van der Waals surface area contributed by atoms with Crippen LogP contribution in [0.4, 0.5) is 0 Å². The van der Waals surface area contributed by atoms with Gasteiger partial charge in [-0.05, 0) is 79.8 Å². The van der Waals surface area contributed by atoms with Gasteiger partial charge in [0, 0.05) is 0 Å². The number of methoxy groups -OCH3 is 3. The molecule has 0 aromatic heterocycles. The summed E-state index contributed by atoms with van der Waals surface area (Å²) in [5.41, 5.74) is 2.90. The number of aliphatic hydroxyl groups excluding tert-OH is 1. The summed E-state index contributed by atoms with van der Waals surface area (Å²) in [5.74, 6) is 1.68. The lowest BCUT2D eigenvalue weighted by Gasteiger charge is -2.45. The Morgan fingerprint density at radius 2 is 1.15 bits per heavy atom. The van der Waals surface area contributed by atoms with Crippen LogP contribution >= 0.6 is 0 Å². The van der Waals surface area contributed by atoms with Crippen LogP contribution < -0.4 is 14.2 Å². The van der Waals surface area contributed by atoms with Gasteiger partial charge in [0.2, 0.25) is 0 Å². The lowest BCUT2D eigenvalue weighted by atomic mass is 9.91. The average Bonchev–Trinajstić information content (AvgIpc) is 3.45. The zero-order chi connectivity index (χ0) is 33.2. The minimum atomic E-state index is -0.956. The van der Waals surface area contributed by atoms with Crippen molar-refractivity contribution >= 4 is 0 Å². The maximum Gasteiger partial charge on any atom is 0.163 e. The summed E-state index contributed by atoms with van der Waals surface area (Å²) in [6, 6.07) is 23.1. The molecule has 0 amide bonds. The van der Waals surface area contributed by atoms with Crippen LogP contribution in [0.3, 0.4) is 0 Å². The first-order chi connectivity index (χ1) is 22.8. The summed E-state index contributed by atoms with van der Waals surface area (Å²) in [6.07, 6.45) is -2.20. The Labute approximate surface area is 277 Å². The average molecular weight is 653 g/mol. The van der Waals surface area contributed by atoms with E-state index in [0.717, 1.165) is 33.9 Å². The van der Waals surface area contributed by atoms with Crippen LogP contribution in [0.2, 0.25) is 0 Å². The molecule has 0 saturated carbocycles. The van der Waals surface area contributed by atoms with Crippen LogP contribution in [0, 0.1) is 0 Å². The van der Waals surface area contributed by atoms with Crippen molar-refractivity contribution < 1.29 is 47.7 Å². The Morgan fingerprint density at radius 3 is 1.62 bits per heavy atom. The highest BCUT2D eigenvalue weighted by Gasteiger charge is 2.47. The highest BCUT2D eigenvalue weighted by Crippen LogP contribution is 2.33. The van der Waals surface area contributed by atoms with Crippen molar-refractivity contribution in [1.29, 1.82) is 0 Å². The van der Waals surface area contributed by atoms with Crippen LogP contribution in [0.5, 0.6) is 17.2 Å². The third-order valence-corrected chi connectivity index (χ3v) is 8.51. The number of rotatable bonds is 16. The van der Waals surface area contributed by atoms with Gasteiger partial charge in [0.1, 0.15) is 41.7 Å². The van der Waals surface area contributed by atoms with Gasteiger partial charge in [-0.25, -0.2) is 0 Å². The molecule has 2 aliphatic rings. The quantitative estimate of drug-likeness (QED) is 0.215. The third-order valence-electron chi connectivity index (χ3n) is 8.51. The van der Waals surface area contributed by atoms with Gasteiger partial charge >= 0.3 is 0 Å². The van der Waals surface area contributed by atoms with Crippen molar-refractivity contribution in [3.63, 3.8) is 0 Å². The molecule has 1 N–H and O–H groups in total. The maximum atomic E-state index is 11.8. The Hall–Kier alpha value is -3.22. The standard InChI is InChI=1S/C37H48O10/c1-37(2)45-23-31(47-37)18-19-32-34(38)36(44-22-27-10-16-30(41-5)17-11-27)35(43-21-26-8-14-29(40-4)15-9-26)33(46-32)24-42-20-25-6-12-28(39-3)13-7-25/h6-17,31-36,38H,18-24H2,1-5H3/t31-,32-,33+,34-,35-,36+/m0/s1. The van der Waals surface area contributed by atoms with Crippen LogP contribution in [-0.2, 0) is 48.2 Å². The summed E-state index contributed by atoms with van der Waals surface area (Å²) in [4.78, 5) is 0. The van der Waals surface area contributed by atoms with E-state index in [-0.39, 0.29) is 25.9 Å². The fraction of sp³-hybridized carbons (Fsp3) is 0.514. The SMILES string of the molecule is COc1ccc(COC[C@H]2O[C@@H](CC[C@H]3COC(C)(C)O3)[C@H](O)[C@@H](OCc3ccc(OC)cc3)[C@H]2OCc2ccc(OC)cc2)cc1. The molecule has 6 atom stereocenters. The first-order valence-electron chi connectivity index (χ1n) is 16.1. The lowest BCUT2D eigenvalue weighted by Crippen LogP contribution is -2.60. The van der Waals surface area contributed by atoms with E-state index in [1.54, 1.807) is 21.3 Å². The maximum absolute atomic E-state index is 11.8. The molecule has 10 nitrogen and oxygen atoms in total. The molecule has 3 aromatic rings. The summed E-state index contributed by atoms with van der Waals surface area (Å²) >= 11 is 0. The predicted molar refractivity (Wildman–Crippen MR) is 175 cm³/mol. The molecule has 5 rings (SSSR count).